The Balaban J connectivity index is 2.53. The van der Waals surface area contributed by atoms with Gasteiger partial charge in [0.05, 0.1) is 12.8 Å². The van der Waals surface area contributed by atoms with Gasteiger partial charge in [-0.3, -0.25) is 0 Å². The van der Waals surface area contributed by atoms with Gasteiger partial charge in [-0.2, -0.15) is 0 Å². The Bertz CT molecular complexity index is 237. The zero-order chi connectivity index (χ0) is 6.10. The van der Waals surface area contributed by atoms with Gasteiger partial charge in [-0.25, -0.2) is 0 Å². The highest BCUT2D eigenvalue weighted by atomic mass is 16.3. The van der Waals surface area contributed by atoms with Gasteiger partial charge >= 0.3 is 0 Å². The monoisotopic (exact) mass is 121 g/mol. The average Bonchev–Trinajstić information content (AvgIpc) is 2.33. The normalized spacial score (nSPS) is 14.7. The first-order valence-corrected chi connectivity index (χ1v) is 2.93. The fraction of sp³-hybridized carbons (Fsp3) is 0.143. The lowest BCUT2D eigenvalue weighted by Gasteiger charge is -2.03. The Labute approximate surface area is 53.2 Å². The topological polar surface area (TPSA) is 25.2 Å². The first-order chi connectivity index (χ1) is 4.47. The van der Waals surface area contributed by atoms with Gasteiger partial charge in [0.2, 0.25) is 0 Å². The Morgan fingerprint density at radius 3 is 3.44 bits per heavy atom. The summed E-state index contributed by atoms with van der Waals surface area (Å²) in [6, 6.07) is 1.96. The van der Waals surface area contributed by atoms with Gasteiger partial charge in [0.25, 0.3) is 0 Å². The molecule has 0 spiro atoms. The Hall–Kier alpha value is -1.18. The smallest absolute Gasteiger partial charge is 0.130 e. The van der Waals surface area contributed by atoms with Crippen molar-refractivity contribution in [2.24, 2.45) is 0 Å². The van der Waals surface area contributed by atoms with E-state index in [2.05, 4.69) is 5.32 Å². The summed E-state index contributed by atoms with van der Waals surface area (Å²) in [4.78, 5) is 0. The van der Waals surface area contributed by atoms with Gasteiger partial charge in [-0.1, -0.05) is 0 Å². The molecule has 0 fully saturated rings. The second-order valence-corrected chi connectivity index (χ2v) is 2.01. The molecular weight excluding hydrogens is 114 g/mol. The molecule has 0 bridgehead atoms. The summed E-state index contributed by atoms with van der Waals surface area (Å²) in [6.07, 6.45) is 5.64. The van der Waals surface area contributed by atoms with E-state index in [0.717, 1.165) is 12.3 Å². The summed E-state index contributed by atoms with van der Waals surface area (Å²) in [5.74, 6) is 1.03. The largest absolute Gasteiger partial charge is 0.467 e. The van der Waals surface area contributed by atoms with Crippen LogP contribution in [0.3, 0.4) is 0 Å². The minimum Gasteiger partial charge on any atom is -0.467 e. The molecule has 0 saturated carbocycles. The van der Waals surface area contributed by atoms with Crippen LogP contribution in [-0.2, 0) is 6.54 Å². The minimum atomic E-state index is 0.818. The van der Waals surface area contributed by atoms with Crippen molar-refractivity contribution in [3.05, 3.63) is 29.9 Å². The zero-order valence-electron chi connectivity index (χ0n) is 4.92. The van der Waals surface area contributed by atoms with Gasteiger partial charge in [-0.15, -0.1) is 0 Å². The Kier molecular flexibility index (Phi) is 0.859. The van der Waals surface area contributed by atoms with E-state index in [1.807, 2.05) is 18.3 Å². The number of nitrogens with one attached hydrogen (secondary N) is 1. The molecular formula is C7H7NO. The van der Waals surface area contributed by atoms with Crippen molar-refractivity contribution >= 4 is 6.08 Å². The quantitative estimate of drug-likeness (QED) is 0.560. The van der Waals surface area contributed by atoms with Crippen molar-refractivity contribution in [1.29, 1.82) is 0 Å². The van der Waals surface area contributed by atoms with E-state index in [9.17, 15) is 0 Å². The second kappa shape index (κ2) is 1.65. The second-order valence-electron chi connectivity index (χ2n) is 2.01. The van der Waals surface area contributed by atoms with Crippen molar-refractivity contribution in [3.8, 4) is 0 Å². The minimum absolute atomic E-state index is 0.818. The van der Waals surface area contributed by atoms with Crippen LogP contribution in [0.5, 0.6) is 0 Å². The number of furan rings is 1. The van der Waals surface area contributed by atoms with Crippen molar-refractivity contribution in [3.63, 3.8) is 0 Å². The van der Waals surface area contributed by atoms with E-state index < -0.39 is 0 Å². The highest BCUT2D eigenvalue weighted by Gasteiger charge is 2.04. The van der Waals surface area contributed by atoms with Crippen LogP contribution >= 0.6 is 0 Å². The molecule has 2 rings (SSSR count). The summed E-state index contributed by atoms with van der Waals surface area (Å²) in [6.45, 7) is 0.818. The fourth-order valence-corrected chi connectivity index (χ4v) is 0.943. The maximum atomic E-state index is 5.14. The van der Waals surface area contributed by atoms with E-state index in [1.165, 1.54) is 5.56 Å². The third-order valence-electron chi connectivity index (χ3n) is 1.42. The molecule has 1 aromatic rings. The SMILES string of the molecule is C1=Cc2ccoc2CN1. The molecule has 0 unspecified atom stereocenters. The molecule has 2 nitrogen and oxygen atoms in total. The van der Waals surface area contributed by atoms with E-state index in [1.54, 1.807) is 6.26 Å². The molecule has 2 heterocycles. The Morgan fingerprint density at radius 1 is 1.56 bits per heavy atom. The molecule has 0 aromatic carbocycles. The van der Waals surface area contributed by atoms with Crippen LogP contribution < -0.4 is 5.32 Å². The van der Waals surface area contributed by atoms with Gasteiger partial charge < -0.3 is 9.73 Å². The van der Waals surface area contributed by atoms with Gasteiger partial charge in [-0.05, 0) is 18.3 Å². The van der Waals surface area contributed by atoms with Crippen LogP contribution in [0.25, 0.3) is 6.08 Å². The van der Waals surface area contributed by atoms with E-state index in [-0.39, 0.29) is 0 Å². The van der Waals surface area contributed by atoms with Crippen molar-refractivity contribution < 1.29 is 4.42 Å². The number of hydrogen-bond donors (Lipinski definition) is 1. The van der Waals surface area contributed by atoms with Crippen LogP contribution in [0.15, 0.2) is 22.9 Å². The summed E-state index contributed by atoms with van der Waals surface area (Å²) in [5, 5.41) is 3.05. The van der Waals surface area contributed by atoms with Crippen LogP contribution in [0.2, 0.25) is 0 Å². The number of hydrogen-bond acceptors (Lipinski definition) is 2. The molecule has 0 atom stereocenters. The molecule has 0 saturated heterocycles. The summed E-state index contributed by atoms with van der Waals surface area (Å²) < 4.78 is 5.14. The van der Waals surface area contributed by atoms with Crippen LogP contribution in [-0.4, -0.2) is 0 Å². The zero-order valence-corrected chi connectivity index (χ0v) is 4.92. The highest BCUT2D eigenvalue weighted by molar-refractivity contribution is 5.52. The Morgan fingerprint density at radius 2 is 2.56 bits per heavy atom. The number of rotatable bonds is 0. The van der Waals surface area contributed by atoms with Crippen molar-refractivity contribution in [2.75, 3.05) is 0 Å². The van der Waals surface area contributed by atoms with E-state index in [0.29, 0.717) is 0 Å². The molecule has 1 aromatic heterocycles. The molecule has 0 amide bonds. The van der Waals surface area contributed by atoms with Gasteiger partial charge in [0.15, 0.2) is 0 Å². The predicted octanol–water partition coefficient (Wildman–Crippen LogP) is 1.35. The fourth-order valence-electron chi connectivity index (χ4n) is 0.943. The molecule has 1 N–H and O–H groups in total. The molecule has 0 radical (unpaired) electrons. The van der Waals surface area contributed by atoms with Gasteiger partial charge in [0, 0.05) is 5.56 Å². The summed E-state index contributed by atoms with van der Waals surface area (Å²) in [7, 11) is 0. The molecule has 1 aliphatic heterocycles. The predicted molar refractivity (Wildman–Crippen MR) is 34.6 cm³/mol. The number of fused-ring (bicyclic) bond motifs is 1. The lowest BCUT2D eigenvalue weighted by atomic mass is 10.2. The van der Waals surface area contributed by atoms with Crippen LogP contribution in [0.1, 0.15) is 11.3 Å². The van der Waals surface area contributed by atoms with E-state index in [4.69, 9.17) is 4.42 Å². The first-order valence-electron chi connectivity index (χ1n) is 2.93. The molecule has 46 valence electrons. The molecule has 9 heavy (non-hydrogen) atoms. The lowest BCUT2D eigenvalue weighted by molar-refractivity contribution is 0.497. The maximum absolute atomic E-state index is 5.14. The molecule has 2 heteroatoms. The summed E-state index contributed by atoms with van der Waals surface area (Å²) in [5.41, 5.74) is 1.19. The van der Waals surface area contributed by atoms with Crippen LogP contribution in [0.4, 0.5) is 0 Å². The van der Waals surface area contributed by atoms with Crippen LogP contribution in [0, 0.1) is 0 Å². The summed E-state index contributed by atoms with van der Waals surface area (Å²) >= 11 is 0. The molecule has 0 aliphatic carbocycles. The first kappa shape index (κ1) is 4.68. The van der Waals surface area contributed by atoms with Gasteiger partial charge in [0.1, 0.15) is 5.76 Å². The standard InChI is InChI=1S/C7H7NO/c1-3-8-5-7-6(1)2-4-9-7/h1-4,8H,5H2. The average molecular weight is 121 g/mol. The van der Waals surface area contributed by atoms with E-state index >= 15 is 0 Å². The highest BCUT2D eigenvalue weighted by Crippen LogP contribution is 2.14. The maximum Gasteiger partial charge on any atom is 0.130 e. The van der Waals surface area contributed by atoms with Crippen molar-refractivity contribution in [2.45, 2.75) is 6.54 Å². The third-order valence-corrected chi connectivity index (χ3v) is 1.42. The van der Waals surface area contributed by atoms with Crippen molar-refractivity contribution in [1.82, 2.24) is 5.32 Å². The third kappa shape index (κ3) is 0.633. The lowest BCUT2D eigenvalue weighted by Crippen LogP contribution is -2.07. The molecule has 1 aliphatic rings.